The summed E-state index contributed by atoms with van der Waals surface area (Å²) in [4.78, 5) is 23.8. The Labute approximate surface area is 108 Å². The number of anilines is 1. The molecule has 6 heteroatoms. The van der Waals surface area contributed by atoms with Crippen molar-refractivity contribution >= 4 is 33.3 Å². The molecule has 0 bridgehead atoms. The Morgan fingerprint density at radius 2 is 2.17 bits per heavy atom. The van der Waals surface area contributed by atoms with Crippen LogP contribution < -0.4 is 4.90 Å². The fraction of sp³-hybridized carbons (Fsp3) is 0.417. The molecule has 94 valence electrons. The monoisotopic (exact) mass is 263 g/mol. The summed E-state index contributed by atoms with van der Waals surface area (Å²) in [6.45, 7) is 2.05. The van der Waals surface area contributed by atoms with Crippen LogP contribution in [0.15, 0.2) is 12.4 Å². The zero-order valence-electron chi connectivity index (χ0n) is 10.0. The number of carbonyl (C=O) groups excluding carboxylic acids is 1. The maximum atomic E-state index is 11.5. The third-order valence-electron chi connectivity index (χ3n) is 3.10. The van der Waals surface area contributed by atoms with Crippen molar-refractivity contribution in [3.8, 4) is 0 Å². The number of thiophene rings is 1. The zero-order valence-corrected chi connectivity index (χ0v) is 10.9. The molecule has 5 nitrogen and oxygen atoms in total. The summed E-state index contributed by atoms with van der Waals surface area (Å²) in [5.41, 5.74) is 0. The van der Waals surface area contributed by atoms with Gasteiger partial charge in [0.25, 0.3) is 0 Å². The number of hydrogen-bond acceptors (Lipinski definition) is 6. The first-order valence-electron chi connectivity index (χ1n) is 5.87. The standard InChI is InChI=1S/C12H13N3O2S/c1-17-12(16)9-6-8-10(15-4-2-3-5-15)13-7-14-11(8)18-9/h6-7H,2-5H2,1H3. The Hall–Kier alpha value is -1.69. The molecule has 0 aromatic carbocycles. The number of aromatic nitrogens is 2. The van der Waals surface area contributed by atoms with Gasteiger partial charge in [-0.3, -0.25) is 0 Å². The van der Waals surface area contributed by atoms with E-state index < -0.39 is 0 Å². The Morgan fingerprint density at radius 3 is 2.89 bits per heavy atom. The highest BCUT2D eigenvalue weighted by Crippen LogP contribution is 2.31. The van der Waals surface area contributed by atoms with E-state index in [2.05, 4.69) is 14.9 Å². The SMILES string of the molecule is COC(=O)c1cc2c(N3CCCC3)ncnc2s1. The van der Waals surface area contributed by atoms with Crippen LogP contribution in [0.1, 0.15) is 22.5 Å². The number of rotatable bonds is 2. The summed E-state index contributed by atoms with van der Waals surface area (Å²) in [6, 6.07) is 1.83. The minimum absolute atomic E-state index is 0.314. The maximum absolute atomic E-state index is 11.5. The predicted molar refractivity (Wildman–Crippen MR) is 70.2 cm³/mol. The first-order chi connectivity index (χ1) is 8.79. The van der Waals surface area contributed by atoms with E-state index >= 15 is 0 Å². The molecule has 2 aromatic heterocycles. The van der Waals surface area contributed by atoms with Gasteiger partial charge in [0.05, 0.1) is 12.5 Å². The van der Waals surface area contributed by atoms with Crippen molar-refractivity contribution in [2.75, 3.05) is 25.1 Å². The summed E-state index contributed by atoms with van der Waals surface area (Å²) in [6.07, 6.45) is 3.95. The molecule has 1 aliphatic rings. The normalized spacial score (nSPS) is 15.3. The summed E-state index contributed by atoms with van der Waals surface area (Å²) >= 11 is 1.35. The van der Waals surface area contributed by atoms with Crippen LogP contribution in [0.2, 0.25) is 0 Å². The largest absolute Gasteiger partial charge is 0.465 e. The first kappa shape index (κ1) is 11.4. The smallest absolute Gasteiger partial charge is 0.348 e. The van der Waals surface area contributed by atoms with E-state index in [-0.39, 0.29) is 5.97 Å². The number of methoxy groups -OCH3 is 1. The molecule has 1 aliphatic heterocycles. The minimum Gasteiger partial charge on any atom is -0.465 e. The second kappa shape index (κ2) is 4.53. The first-order valence-corrected chi connectivity index (χ1v) is 6.69. The Bertz CT molecular complexity index is 590. The van der Waals surface area contributed by atoms with Crippen LogP contribution in [0.25, 0.3) is 10.2 Å². The molecule has 0 aliphatic carbocycles. The fourth-order valence-electron chi connectivity index (χ4n) is 2.23. The van der Waals surface area contributed by atoms with Crippen molar-refractivity contribution in [1.82, 2.24) is 9.97 Å². The van der Waals surface area contributed by atoms with Gasteiger partial charge in [0.2, 0.25) is 0 Å². The molecule has 0 radical (unpaired) electrons. The van der Waals surface area contributed by atoms with Gasteiger partial charge < -0.3 is 9.64 Å². The van der Waals surface area contributed by atoms with Gasteiger partial charge in [0.15, 0.2) is 0 Å². The number of fused-ring (bicyclic) bond motifs is 1. The molecular formula is C12H13N3O2S. The van der Waals surface area contributed by atoms with Crippen LogP contribution in [0.3, 0.4) is 0 Å². The van der Waals surface area contributed by atoms with Crippen LogP contribution in [-0.2, 0) is 4.74 Å². The zero-order chi connectivity index (χ0) is 12.5. The number of carbonyl (C=O) groups is 1. The highest BCUT2D eigenvalue weighted by molar-refractivity contribution is 7.20. The van der Waals surface area contributed by atoms with Gasteiger partial charge in [-0.15, -0.1) is 11.3 Å². The van der Waals surface area contributed by atoms with E-state index in [4.69, 9.17) is 4.74 Å². The van der Waals surface area contributed by atoms with Gasteiger partial charge in [0, 0.05) is 13.1 Å². The summed E-state index contributed by atoms with van der Waals surface area (Å²) in [5, 5.41) is 0.949. The van der Waals surface area contributed by atoms with Gasteiger partial charge in [0.1, 0.15) is 21.9 Å². The van der Waals surface area contributed by atoms with Crippen LogP contribution >= 0.6 is 11.3 Å². The number of esters is 1. The van der Waals surface area contributed by atoms with Crippen LogP contribution in [0, 0.1) is 0 Å². The molecule has 0 N–H and O–H groups in total. The molecule has 0 spiro atoms. The van der Waals surface area contributed by atoms with Gasteiger partial charge in [-0.05, 0) is 18.9 Å². The topological polar surface area (TPSA) is 55.3 Å². The molecule has 3 rings (SSSR count). The molecule has 0 unspecified atom stereocenters. The average Bonchev–Trinajstić information content (AvgIpc) is 3.05. The van der Waals surface area contributed by atoms with E-state index in [0.717, 1.165) is 29.1 Å². The van der Waals surface area contributed by atoms with E-state index in [1.165, 1.54) is 31.3 Å². The van der Waals surface area contributed by atoms with Crippen LogP contribution in [0.4, 0.5) is 5.82 Å². The molecular weight excluding hydrogens is 250 g/mol. The van der Waals surface area contributed by atoms with Crippen molar-refractivity contribution in [3.63, 3.8) is 0 Å². The molecule has 3 heterocycles. The highest BCUT2D eigenvalue weighted by Gasteiger charge is 2.19. The Morgan fingerprint density at radius 1 is 1.39 bits per heavy atom. The molecule has 0 atom stereocenters. The summed E-state index contributed by atoms with van der Waals surface area (Å²) in [5.74, 6) is 0.620. The van der Waals surface area contributed by atoms with E-state index in [9.17, 15) is 4.79 Å². The molecule has 2 aromatic rings. The van der Waals surface area contributed by atoms with E-state index in [0.29, 0.717) is 4.88 Å². The van der Waals surface area contributed by atoms with Crippen molar-refractivity contribution in [2.45, 2.75) is 12.8 Å². The van der Waals surface area contributed by atoms with Gasteiger partial charge >= 0.3 is 5.97 Å². The van der Waals surface area contributed by atoms with E-state index in [1.54, 1.807) is 6.33 Å². The van der Waals surface area contributed by atoms with Crippen LogP contribution in [-0.4, -0.2) is 36.1 Å². The quantitative estimate of drug-likeness (QED) is 0.776. The molecule has 18 heavy (non-hydrogen) atoms. The van der Waals surface area contributed by atoms with Crippen LogP contribution in [0.5, 0.6) is 0 Å². The Balaban J connectivity index is 2.09. The van der Waals surface area contributed by atoms with Crippen molar-refractivity contribution in [3.05, 3.63) is 17.3 Å². The molecule has 1 saturated heterocycles. The molecule has 1 fully saturated rings. The second-order valence-corrected chi connectivity index (χ2v) is 5.24. The second-order valence-electron chi connectivity index (χ2n) is 4.21. The van der Waals surface area contributed by atoms with Gasteiger partial charge in [-0.2, -0.15) is 0 Å². The lowest BCUT2D eigenvalue weighted by atomic mass is 10.3. The minimum atomic E-state index is -0.314. The fourth-order valence-corrected chi connectivity index (χ4v) is 3.14. The van der Waals surface area contributed by atoms with Crippen molar-refractivity contribution in [1.29, 1.82) is 0 Å². The summed E-state index contributed by atoms with van der Waals surface area (Å²) in [7, 11) is 1.39. The lowest BCUT2D eigenvalue weighted by Gasteiger charge is -2.16. The lowest BCUT2D eigenvalue weighted by Crippen LogP contribution is -2.19. The molecule has 0 amide bonds. The van der Waals surface area contributed by atoms with Gasteiger partial charge in [-0.25, -0.2) is 14.8 Å². The lowest BCUT2D eigenvalue weighted by molar-refractivity contribution is 0.0606. The third-order valence-corrected chi connectivity index (χ3v) is 4.12. The van der Waals surface area contributed by atoms with E-state index in [1.807, 2.05) is 6.07 Å². The third kappa shape index (κ3) is 1.82. The summed E-state index contributed by atoms with van der Waals surface area (Å²) < 4.78 is 4.74. The maximum Gasteiger partial charge on any atom is 0.348 e. The number of ether oxygens (including phenoxy) is 1. The van der Waals surface area contributed by atoms with Crippen molar-refractivity contribution < 1.29 is 9.53 Å². The molecule has 0 saturated carbocycles. The number of hydrogen-bond donors (Lipinski definition) is 0. The predicted octanol–water partition coefficient (Wildman–Crippen LogP) is 2.08. The van der Waals surface area contributed by atoms with Crippen molar-refractivity contribution in [2.24, 2.45) is 0 Å². The highest BCUT2D eigenvalue weighted by atomic mass is 32.1. The number of nitrogens with zero attached hydrogens (tertiary/aromatic N) is 3. The average molecular weight is 263 g/mol. The van der Waals surface area contributed by atoms with Gasteiger partial charge in [-0.1, -0.05) is 0 Å². The Kier molecular flexibility index (Phi) is 2.87.